The van der Waals surface area contributed by atoms with E-state index in [0.717, 1.165) is 12.0 Å². The summed E-state index contributed by atoms with van der Waals surface area (Å²) in [5, 5.41) is 0. The summed E-state index contributed by atoms with van der Waals surface area (Å²) in [5.74, 6) is 2.45. The van der Waals surface area contributed by atoms with Crippen LogP contribution in [0, 0.1) is 19.3 Å². The maximum Gasteiger partial charge on any atom is 0.241 e. The Kier molecular flexibility index (Phi) is 4.73. The molecule has 0 radical (unpaired) electrons. The lowest BCUT2D eigenvalue weighted by molar-refractivity contribution is 0.564. The highest BCUT2D eigenvalue weighted by Gasteiger charge is 2.17. The number of terminal acetylenes is 1. The maximum absolute atomic E-state index is 12.0. The van der Waals surface area contributed by atoms with Gasteiger partial charge < -0.3 is 0 Å². The number of nitrogens with one attached hydrogen (secondary N) is 1. The van der Waals surface area contributed by atoms with E-state index >= 15 is 0 Å². The Hall–Kier alpha value is -1.31. The van der Waals surface area contributed by atoms with Crippen LogP contribution >= 0.6 is 0 Å². The van der Waals surface area contributed by atoms with Gasteiger partial charge in [-0.3, -0.25) is 0 Å². The summed E-state index contributed by atoms with van der Waals surface area (Å²) in [6.07, 6.45) is 6.77. The first-order chi connectivity index (χ1) is 7.99. The van der Waals surface area contributed by atoms with Crippen molar-refractivity contribution >= 4 is 10.0 Å². The van der Waals surface area contributed by atoms with Crippen molar-refractivity contribution in [1.82, 2.24) is 4.72 Å². The fourth-order valence-corrected chi connectivity index (χ4v) is 2.63. The zero-order valence-corrected chi connectivity index (χ0v) is 10.9. The van der Waals surface area contributed by atoms with E-state index < -0.39 is 16.1 Å². The highest BCUT2D eigenvalue weighted by molar-refractivity contribution is 7.89. The van der Waals surface area contributed by atoms with Crippen molar-refractivity contribution in [3.8, 4) is 12.3 Å². The zero-order chi connectivity index (χ0) is 12.9. The lowest BCUT2D eigenvalue weighted by Gasteiger charge is -2.12. The molecular weight excluding hydrogens is 234 g/mol. The minimum Gasteiger partial charge on any atom is -0.207 e. The number of aryl methyl sites for hydroxylation is 1. The van der Waals surface area contributed by atoms with Gasteiger partial charge in [-0.25, -0.2) is 8.42 Å². The van der Waals surface area contributed by atoms with E-state index in [1.54, 1.807) is 24.3 Å². The minimum atomic E-state index is -3.50. The predicted octanol–water partition coefficient (Wildman–Crippen LogP) is 2.08. The summed E-state index contributed by atoms with van der Waals surface area (Å²) >= 11 is 0. The highest BCUT2D eigenvalue weighted by Crippen LogP contribution is 2.11. The Morgan fingerprint density at radius 1 is 1.35 bits per heavy atom. The van der Waals surface area contributed by atoms with E-state index in [9.17, 15) is 8.42 Å². The van der Waals surface area contributed by atoms with Crippen LogP contribution in [-0.2, 0) is 10.0 Å². The molecule has 3 nitrogen and oxygen atoms in total. The molecule has 1 atom stereocenters. The van der Waals surface area contributed by atoms with E-state index in [0.29, 0.717) is 6.42 Å². The molecule has 0 aliphatic carbocycles. The number of benzene rings is 1. The third kappa shape index (κ3) is 3.88. The van der Waals surface area contributed by atoms with Crippen molar-refractivity contribution in [1.29, 1.82) is 0 Å². The van der Waals surface area contributed by atoms with Gasteiger partial charge >= 0.3 is 0 Å². The van der Waals surface area contributed by atoms with E-state index in [4.69, 9.17) is 6.42 Å². The van der Waals surface area contributed by atoms with Crippen LogP contribution in [0.3, 0.4) is 0 Å². The molecule has 1 aromatic carbocycles. The van der Waals surface area contributed by atoms with Crippen LogP contribution in [0.1, 0.15) is 25.3 Å². The van der Waals surface area contributed by atoms with Crippen molar-refractivity contribution in [2.75, 3.05) is 0 Å². The van der Waals surface area contributed by atoms with Crippen molar-refractivity contribution in [2.24, 2.45) is 0 Å². The molecule has 0 bridgehead atoms. The van der Waals surface area contributed by atoms with Gasteiger partial charge in [-0.2, -0.15) is 4.72 Å². The van der Waals surface area contributed by atoms with Crippen molar-refractivity contribution in [3.63, 3.8) is 0 Å². The van der Waals surface area contributed by atoms with E-state index in [2.05, 4.69) is 10.6 Å². The number of hydrogen-bond donors (Lipinski definition) is 1. The number of hydrogen-bond acceptors (Lipinski definition) is 2. The minimum absolute atomic E-state index is 0.249. The molecule has 0 aliphatic rings. The molecule has 1 unspecified atom stereocenters. The molecule has 0 saturated heterocycles. The van der Waals surface area contributed by atoms with Gasteiger partial charge in [-0.05, 0) is 25.5 Å². The largest absolute Gasteiger partial charge is 0.241 e. The fourth-order valence-electron chi connectivity index (χ4n) is 1.44. The fraction of sp³-hybridized carbons (Fsp3) is 0.385. The van der Waals surface area contributed by atoms with Gasteiger partial charge in [0, 0.05) is 0 Å². The molecule has 1 aromatic rings. The number of sulfonamides is 1. The monoisotopic (exact) mass is 251 g/mol. The molecule has 0 fully saturated rings. The van der Waals surface area contributed by atoms with Crippen molar-refractivity contribution < 1.29 is 8.42 Å². The first-order valence-corrected chi connectivity index (χ1v) is 7.03. The van der Waals surface area contributed by atoms with Crippen LogP contribution in [0.2, 0.25) is 0 Å². The van der Waals surface area contributed by atoms with Gasteiger partial charge in [0.2, 0.25) is 10.0 Å². The molecule has 0 amide bonds. The van der Waals surface area contributed by atoms with Gasteiger partial charge in [0.25, 0.3) is 0 Å². The second-order valence-electron chi connectivity index (χ2n) is 3.94. The summed E-state index contributed by atoms with van der Waals surface area (Å²) in [5.41, 5.74) is 1.02. The Morgan fingerprint density at radius 3 is 2.41 bits per heavy atom. The lowest BCUT2D eigenvalue weighted by atomic mass is 10.2. The SMILES string of the molecule is C#CC(CCC)NS(=O)(=O)c1ccc(C)cc1. The summed E-state index contributed by atoms with van der Waals surface area (Å²) in [4.78, 5) is 0.249. The average Bonchev–Trinajstić information content (AvgIpc) is 2.28. The molecule has 0 heterocycles. The van der Waals surface area contributed by atoms with Crippen LogP contribution in [0.4, 0.5) is 0 Å². The van der Waals surface area contributed by atoms with Crippen LogP contribution in [0.25, 0.3) is 0 Å². The van der Waals surface area contributed by atoms with Gasteiger partial charge in [-0.1, -0.05) is 37.0 Å². The molecule has 1 rings (SSSR count). The normalized spacial score (nSPS) is 13.0. The highest BCUT2D eigenvalue weighted by atomic mass is 32.2. The standard InChI is InChI=1S/C13H17NO2S/c1-4-6-12(5-2)14-17(15,16)13-9-7-11(3)8-10-13/h2,7-10,12,14H,4,6H2,1,3H3. The molecule has 0 spiro atoms. The van der Waals surface area contributed by atoms with Gasteiger partial charge in [-0.15, -0.1) is 6.42 Å². The van der Waals surface area contributed by atoms with Crippen molar-refractivity contribution in [3.05, 3.63) is 29.8 Å². The van der Waals surface area contributed by atoms with E-state index in [-0.39, 0.29) is 4.90 Å². The summed E-state index contributed by atoms with van der Waals surface area (Å²) in [6.45, 7) is 3.87. The van der Waals surface area contributed by atoms with Crippen LogP contribution in [0.5, 0.6) is 0 Å². The Morgan fingerprint density at radius 2 is 1.94 bits per heavy atom. The van der Waals surface area contributed by atoms with Crippen LogP contribution in [0.15, 0.2) is 29.2 Å². The smallest absolute Gasteiger partial charge is 0.207 e. The Labute approximate surface area is 103 Å². The maximum atomic E-state index is 12.0. The third-order valence-electron chi connectivity index (χ3n) is 2.41. The molecule has 17 heavy (non-hydrogen) atoms. The van der Waals surface area contributed by atoms with Crippen LogP contribution in [-0.4, -0.2) is 14.5 Å². The van der Waals surface area contributed by atoms with Crippen molar-refractivity contribution in [2.45, 2.75) is 37.6 Å². The Bertz CT molecular complexity index is 497. The predicted molar refractivity (Wildman–Crippen MR) is 69.0 cm³/mol. The average molecular weight is 251 g/mol. The molecule has 0 aromatic heterocycles. The van der Waals surface area contributed by atoms with Gasteiger partial charge in [0.15, 0.2) is 0 Å². The molecule has 1 N–H and O–H groups in total. The second-order valence-corrected chi connectivity index (χ2v) is 5.66. The lowest BCUT2D eigenvalue weighted by Crippen LogP contribution is -2.33. The van der Waals surface area contributed by atoms with E-state index in [1.807, 2.05) is 13.8 Å². The topological polar surface area (TPSA) is 46.2 Å². The first kappa shape index (κ1) is 13.8. The Balaban J connectivity index is 2.89. The third-order valence-corrected chi connectivity index (χ3v) is 3.89. The van der Waals surface area contributed by atoms with Crippen LogP contribution < -0.4 is 4.72 Å². The molecule has 92 valence electrons. The van der Waals surface area contributed by atoms with Gasteiger partial charge in [0.1, 0.15) is 0 Å². The van der Waals surface area contributed by atoms with Gasteiger partial charge in [0.05, 0.1) is 10.9 Å². The summed E-state index contributed by atoms with van der Waals surface area (Å²) in [7, 11) is -3.50. The summed E-state index contributed by atoms with van der Waals surface area (Å²) < 4.78 is 26.5. The number of rotatable bonds is 5. The zero-order valence-electron chi connectivity index (χ0n) is 10.1. The second kappa shape index (κ2) is 5.85. The quantitative estimate of drug-likeness (QED) is 0.814. The first-order valence-electron chi connectivity index (χ1n) is 5.54. The molecule has 0 saturated carbocycles. The molecular formula is C13H17NO2S. The summed E-state index contributed by atoms with van der Waals surface area (Å²) in [6, 6.07) is 6.25. The van der Waals surface area contributed by atoms with E-state index in [1.165, 1.54) is 0 Å². The molecule has 0 aliphatic heterocycles. The molecule has 4 heteroatoms.